The molecule has 2 heterocycles. The fourth-order valence-electron chi connectivity index (χ4n) is 3.64. The van der Waals surface area contributed by atoms with Crippen LogP contribution in [0.1, 0.15) is 48.8 Å². The van der Waals surface area contributed by atoms with E-state index in [2.05, 4.69) is 43.0 Å². The lowest BCUT2D eigenvalue weighted by Crippen LogP contribution is -2.18. The van der Waals surface area contributed by atoms with Gasteiger partial charge in [-0.3, -0.25) is 4.90 Å². The molecule has 3 aromatic rings. The molecule has 1 saturated carbocycles. The van der Waals surface area contributed by atoms with Crippen LogP contribution in [0.15, 0.2) is 50.0 Å². The number of benzene rings is 1. The van der Waals surface area contributed by atoms with Gasteiger partial charge in [0.05, 0.1) is 6.54 Å². The normalized spacial score (nSPS) is 19.4. The van der Waals surface area contributed by atoms with Gasteiger partial charge in [0.2, 0.25) is 0 Å². The molecule has 4 nitrogen and oxygen atoms in total. The van der Waals surface area contributed by atoms with E-state index < -0.39 is 0 Å². The van der Waals surface area contributed by atoms with Crippen LogP contribution in [0.2, 0.25) is 0 Å². The van der Waals surface area contributed by atoms with E-state index in [9.17, 15) is 4.79 Å². The molecule has 0 N–H and O–H groups in total. The van der Waals surface area contributed by atoms with Crippen LogP contribution in [-0.2, 0) is 19.5 Å². The molecular formula is C22H25NO3. The van der Waals surface area contributed by atoms with E-state index in [0.717, 1.165) is 41.4 Å². The smallest absolute Gasteiger partial charge is 0.336 e. The van der Waals surface area contributed by atoms with Crippen LogP contribution in [0.4, 0.5) is 0 Å². The van der Waals surface area contributed by atoms with Crippen LogP contribution in [-0.4, -0.2) is 11.9 Å². The summed E-state index contributed by atoms with van der Waals surface area (Å²) in [5.41, 5.74) is 2.54. The maximum absolute atomic E-state index is 12.0. The summed E-state index contributed by atoms with van der Waals surface area (Å²) >= 11 is 0. The van der Waals surface area contributed by atoms with Crippen molar-refractivity contribution in [1.82, 2.24) is 4.90 Å². The minimum atomic E-state index is -0.294. The molecule has 0 unspecified atom stereocenters. The number of rotatable bonds is 6. The quantitative estimate of drug-likeness (QED) is 0.604. The predicted octanol–water partition coefficient (Wildman–Crippen LogP) is 4.70. The number of furan rings is 1. The molecule has 4 rings (SSSR count). The Balaban J connectivity index is 1.52. The van der Waals surface area contributed by atoms with Gasteiger partial charge in [-0.25, -0.2) is 4.79 Å². The zero-order chi connectivity index (χ0) is 18.3. The van der Waals surface area contributed by atoms with Gasteiger partial charge < -0.3 is 8.83 Å². The number of aryl methyl sites for hydroxylation is 1. The Morgan fingerprint density at radius 1 is 1.12 bits per heavy atom. The molecule has 2 aromatic heterocycles. The summed E-state index contributed by atoms with van der Waals surface area (Å²) in [4.78, 5) is 14.1. The zero-order valence-electron chi connectivity index (χ0n) is 15.6. The largest absolute Gasteiger partial charge is 0.464 e. The van der Waals surface area contributed by atoms with Crippen LogP contribution in [0, 0.1) is 5.92 Å². The molecule has 1 aliphatic rings. The van der Waals surface area contributed by atoms with Crippen molar-refractivity contribution in [3.8, 4) is 0 Å². The Morgan fingerprint density at radius 3 is 2.65 bits per heavy atom. The lowest BCUT2D eigenvalue weighted by atomic mass is 10.1. The summed E-state index contributed by atoms with van der Waals surface area (Å²) in [6.45, 7) is 5.74. The number of fused-ring (bicyclic) bond motifs is 1. The average Bonchev–Trinajstić information content (AvgIpc) is 3.15. The summed E-state index contributed by atoms with van der Waals surface area (Å²) in [6.07, 6.45) is 2.15. The molecule has 0 aliphatic heterocycles. The number of nitrogens with zero attached hydrogens (tertiary/aromatic N) is 1. The summed E-state index contributed by atoms with van der Waals surface area (Å²) < 4.78 is 11.4. The summed E-state index contributed by atoms with van der Waals surface area (Å²) in [5, 5.41) is 1.00. The van der Waals surface area contributed by atoms with Gasteiger partial charge in [-0.05, 0) is 55.1 Å². The van der Waals surface area contributed by atoms with E-state index in [1.165, 1.54) is 12.0 Å². The Labute approximate surface area is 153 Å². The van der Waals surface area contributed by atoms with E-state index >= 15 is 0 Å². The molecule has 4 heteroatoms. The maximum atomic E-state index is 12.0. The van der Waals surface area contributed by atoms with Crippen LogP contribution < -0.4 is 5.63 Å². The molecule has 1 aromatic carbocycles. The van der Waals surface area contributed by atoms with E-state index in [0.29, 0.717) is 18.0 Å². The van der Waals surface area contributed by atoms with Gasteiger partial charge in [-0.1, -0.05) is 26.0 Å². The highest BCUT2D eigenvalue weighted by atomic mass is 16.4. The number of hydrogen-bond donors (Lipinski definition) is 0. The monoisotopic (exact) mass is 351 g/mol. The van der Waals surface area contributed by atoms with Crippen molar-refractivity contribution in [2.45, 2.75) is 45.7 Å². The Morgan fingerprint density at radius 2 is 1.92 bits per heavy atom. The lowest BCUT2D eigenvalue weighted by molar-refractivity contribution is 0.283. The molecule has 136 valence electrons. The zero-order valence-corrected chi connectivity index (χ0v) is 15.6. The fraction of sp³-hybridized carbons (Fsp3) is 0.409. The van der Waals surface area contributed by atoms with Crippen molar-refractivity contribution in [1.29, 1.82) is 0 Å². The van der Waals surface area contributed by atoms with Crippen LogP contribution in [0.3, 0.4) is 0 Å². The third-order valence-corrected chi connectivity index (χ3v) is 5.33. The molecule has 1 aliphatic carbocycles. The second-order valence-electron chi connectivity index (χ2n) is 7.57. The van der Waals surface area contributed by atoms with E-state index in [1.54, 1.807) is 6.07 Å². The third-order valence-electron chi connectivity index (χ3n) is 5.33. The molecular weight excluding hydrogens is 326 g/mol. The van der Waals surface area contributed by atoms with Gasteiger partial charge in [0.1, 0.15) is 17.1 Å². The Kier molecular flexibility index (Phi) is 4.45. The first kappa shape index (κ1) is 17.1. The van der Waals surface area contributed by atoms with Crippen molar-refractivity contribution in [2.24, 2.45) is 5.92 Å². The highest BCUT2D eigenvalue weighted by Gasteiger charge is 2.36. The highest BCUT2D eigenvalue weighted by molar-refractivity contribution is 5.80. The van der Waals surface area contributed by atoms with Crippen molar-refractivity contribution in [3.63, 3.8) is 0 Å². The summed E-state index contributed by atoms with van der Waals surface area (Å²) in [7, 11) is 2.04. The molecule has 0 saturated heterocycles. The first-order chi connectivity index (χ1) is 12.5. The molecule has 0 radical (unpaired) electrons. The minimum absolute atomic E-state index is 0.294. The van der Waals surface area contributed by atoms with Crippen molar-refractivity contribution in [3.05, 3.63) is 69.5 Å². The van der Waals surface area contributed by atoms with Gasteiger partial charge in [0.25, 0.3) is 0 Å². The molecule has 0 amide bonds. The standard InChI is InChI=1S/C22H25NO3/c1-4-15-5-7-18-16(11-22(24)26-21(18)10-15)12-23(3)13-17-6-8-20(25-17)19-9-14(19)2/h5-8,10-11,14,19H,4,9,12-13H2,1-3H3/t14-,19+/m0/s1. The lowest BCUT2D eigenvalue weighted by Gasteiger charge is -2.16. The molecule has 26 heavy (non-hydrogen) atoms. The molecule has 0 bridgehead atoms. The second-order valence-corrected chi connectivity index (χ2v) is 7.57. The van der Waals surface area contributed by atoms with E-state index in [-0.39, 0.29) is 5.63 Å². The van der Waals surface area contributed by atoms with Crippen LogP contribution >= 0.6 is 0 Å². The topological polar surface area (TPSA) is 46.6 Å². The first-order valence-corrected chi connectivity index (χ1v) is 9.36. The Bertz CT molecular complexity index is 984. The second kappa shape index (κ2) is 6.76. The summed E-state index contributed by atoms with van der Waals surface area (Å²) in [5.74, 6) is 3.43. The van der Waals surface area contributed by atoms with Gasteiger partial charge in [0, 0.05) is 23.9 Å². The van der Waals surface area contributed by atoms with Crippen LogP contribution in [0.5, 0.6) is 0 Å². The third kappa shape index (κ3) is 3.47. The average molecular weight is 351 g/mol. The summed E-state index contributed by atoms with van der Waals surface area (Å²) in [6, 6.07) is 11.9. The van der Waals surface area contributed by atoms with Gasteiger partial charge in [-0.2, -0.15) is 0 Å². The van der Waals surface area contributed by atoms with Gasteiger partial charge >= 0.3 is 5.63 Å². The van der Waals surface area contributed by atoms with Gasteiger partial charge in [0.15, 0.2) is 0 Å². The van der Waals surface area contributed by atoms with Gasteiger partial charge in [-0.15, -0.1) is 0 Å². The molecule has 0 spiro atoms. The Hall–Kier alpha value is -2.33. The van der Waals surface area contributed by atoms with Crippen LogP contribution in [0.25, 0.3) is 11.0 Å². The maximum Gasteiger partial charge on any atom is 0.336 e. The highest BCUT2D eigenvalue weighted by Crippen LogP contribution is 2.47. The van der Waals surface area contributed by atoms with Crippen molar-refractivity contribution >= 4 is 11.0 Å². The molecule has 2 atom stereocenters. The fourth-order valence-corrected chi connectivity index (χ4v) is 3.64. The number of hydrogen-bond acceptors (Lipinski definition) is 4. The minimum Gasteiger partial charge on any atom is -0.464 e. The van der Waals surface area contributed by atoms with Crippen molar-refractivity contribution in [2.75, 3.05) is 7.05 Å². The van der Waals surface area contributed by atoms with E-state index in [1.807, 2.05) is 13.1 Å². The van der Waals surface area contributed by atoms with Crippen molar-refractivity contribution < 1.29 is 8.83 Å². The predicted molar refractivity (Wildman–Crippen MR) is 102 cm³/mol. The van der Waals surface area contributed by atoms with E-state index in [4.69, 9.17) is 8.83 Å². The molecule has 1 fully saturated rings. The SMILES string of the molecule is CCc1ccc2c(CN(C)Cc3ccc([C@@H]4C[C@@H]4C)o3)cc(=O)oc2c1. The first-order valence-electron chi connectivity index (χ1n) is 9.36.